The summed E-state index contributed by atoms with van der Waals surface area (Å²) < 4.78 is 13.4. The second-order valence-electron chi connectivity index (χ2n) is 9.02. The zero-order chi connectivity index (χ0) is 27.1. The molecule has 2 heterocycles. The van der Waals surface area contributed by atoms with Crippen molar-refractivity contribution in [2.75, 3.05) is 67.9 Å². The molecular weight excluding hydrogens is 525 g/mol. The van der Waals surface area contributed by atoms with Crippen LogP contribution in [0.5, 0.6) is 0 Å². The number of thiocarbonyl (C=S) groups is 1. The standard InChI is InChI=1S/C27H33ClFN7OS/c1-3-34(4-2)12-11-30-26(38)31-20-7-9-24-19(17-20)5-10-25(33-24)35-13-15-36(16-14-35)27(37)32-21-6-8-23(29)22(28)18-21/h5-10,17-18H,3-4,11-16H2,1-2H3,(H,32,37)(H2,30,31,38). The second kappa shape index (κ2) is 13.0. The molecule has 11 heteroatoms. The topological polar surface area (TPSA) is 75.8 Å². The van der Waals surface area contributed by atoms with Gasteiger partial charge in [-0.25, -0.2) is 14.2 Å². The molecule has 0 unspecified atom stereocenters. The average molecular weight is 558 g/mol. The molecule has 4 rings (SSSR count). The monoisotopic (exact) mass is 557 g/mol. The fraction of sp³-hybridized carbons (Fsp3) is 0.370. The number of piperazine rings is 1. The van der Waals surface area contributed by atoms with E-state index in [0.29, 0.717) is 37.0 Å². The van der Waals surface area contributed by atoms with Gasteiger partial charge in [-0.1, -0.05) is 25.4 Å². The number of hydrogen-bond donors (Lipinski definition) is 3. The van der Waals surface area contributed by atoms with Gasteiger partial charge < -0.3 is 30.7 Å². The molecule has 1 aromatic heterocycles. The van der Waals surface area contributed by atoms with Gasteiger partial charge in [0.1, 0.15) is 11.6 Å². The normalized spacial score (nSPS) is 13.6. The molecule has 0 atom stereocenters. The molecule has 3 N–H and O–H groups in total. The lowest BCUT2D eigenvalue weighted by atomic mass is 10.2. The van der Waals surface area contributed by atoms with Gasteiger partial charge in [0.25, 0.3) is 0 Å². The van der Waals surface area contributed by atoms with E-state index in [-0.39, 0.29) is 11.1 Å². The van der Waals surface area contributed by atoms with Gasteiger partial charge in [0, 0.05) is 56.0 Å². The number of anilines is 3. The summed E-state index contributed by atoms with van der Waals surface area (Å²) in [7, 11) is 0. The van der Waals surface area contributed by atoms with Crippen LogP contribution in [0.25, 0.3) is 10.9 Å². The van der Waals surface area contributed by atoms with Gasteiger partial charge in [0.05, 0.1) is 10.5 Å². The van der Waals surface area contributed by atoms with Gasteiger partial charge >= 0.3 is 6.03 Å². The van der Waals surface area contributed by atoms with E-state index in [1.54, 1.807) is 4.90 Å². The molecule has 0 spiro atoms. The lowest BCUT2D eigenvalue weighted by molar-refractivity contribution is 0.208. The largest absolute Gasteiger partial charge is 0.361 e. The van der Waals surface area contributed by atoms with Crippen molar-refractivity contribution < 1.29 is 9.18 Å². The van der Waals surface area contributed by atoms with E-state index in [4.69, 9.17) is 28.8 Å². The maximum absolute atomic E-state index is 13.4. The Bertz CT molecular complexity index is 1280. The molecule has 202 valence electrons. The second-order valence-corrected chi connectivity index (χ2v) is 9.83. The van der Waals surface area contributed by atoms with E-state index in [0.717, 1.165) is 48.6 Å². The first-order valence-electron chi connectivity index (χ1n) is 12.8. The minimum atomic E-state index is -0.518. The first-order valence-corrected chi connectivity index (χ1v) is 13.6. The zero-order valence-electron chi connectivity index (χ0n) is 21.6. The summed E-state index contributed by atoms with van der Waals surface area (Å²) in [6, 6.07) is 13.9. The Kier molecular flexibility index (Phi) is 9.54. The van der Waals surface area contributed by atoms with Crippen LogP contribution >= 0.6 is 23.8 Å². The molecule has 8 nitrogen and oxygen atoms in total. The Balaban J connectivity index is 1.29. The van der Waals surface area contributed by atoms with Crippen LogP contribution in [0, 0.1) is 5.82 Å². The third-order valence-electron chi connectivity index (χ3n) is 6.60. The third-order valence-corrected chi connectivity index (χ3v) is 7.14. The number of benzene rings is 2. The van der Waals surface area contributed by atoms with Crippen LogP contribution in [0.1, 0.15) is 13.8 Å². The molecule has 0 radical (unpaired) electrons. The van der Waals surface area contributed by atoms with Crippen molar-refractivity contribution in [3.05, 3.63) is 59.4 Å². The van der Waals surface area contributed by atoms with E-state index in [1.165, 1.54) is 18.2 Å². The number of nitrogens with one attached hydrogen (secondary N) is 3. The van der Waals surface area contributed by atoms with Gasteiger partial charge in [0.2, 0.25) is 0 Å². The molecule has 3 aromatic rings. The Labute approximate surface area is 233 Å². The van der Waals surface area contributed by atoms with Crippen molar-refractivity contribution in [3.8, 4) is 0 Å². The number of carbonyl (C=O) groups excluding carboxylic acids is 1. The van der Waals surface area contributed by atoms with Crippen LogP contribution in [-0.4, -0.2) is 78.3 Å². The highest BCUT2D eigenvalue weighted by Crippen LogP contribution is 2.23. The molecule has 1 aliphatic rings. The number of halogens is 2. The van der Waals surface area contributed by atoms with E-state index in [9.17, 15) is 9.18 Å². The predicted molar refractivity (Wildman–Crippen MR) is 158 cm³/mol. The summed E-state index contributed by atoms with van der Waals surface area (Å²) in [4.78, 5) is 23.7. The Hall–Kier alpha value is -3.21. The summed E-state index contributed by atoms with van der Waals surface area (Å²) in [6.45, 7) is 10.5. The molecule has 1 saturated heterocycles. The third kappa shape index (κ3) is 7.21. The summed E-state index contributed by atoms with van der Waals surface area (Å²) in [6.07, 6.45) is 0. The number of rotatable bonds is 8. The van der Waals surface area contributed by atoms with Crippen molar-refractivity contribution in [2.24, 2.45) is 0 Å². The Morgan fingerprint density at radius 1 is 1.03 bits per heavy atom. The van der Waals surface area contributed by atoms with Crippen LogP contribution in [0.4, 0.5) is 26.4 Å². The smallest absolute Gasteiger partial charge is 0.321 e. The van der Waals surface area contributed by atoms with Gasteiger partial charge in [-0.15, -0.1) is 0 Å². The van der Waals surface area contributed by atoms with Crippen LogP contribution in [-0.2, 0) is 0 Å². The maximum atomic E-state index is 13.4. The number of likely N-dealkylation sites (N-methyl/N-ethyl adjacent to an activating group) is 1. The molecule has 2 aromatic carbocycles. The number of hydrogen-bond acceptors (Lipinski definition) is 5. The summed E-state index contributed by atoms with van der Waals surface area (Å²) >= 11 is 11.3. The number of amides is 2. The van der Waals surface area contributed by atoms with Gasteiger partial charge in [-0.2, -0.15) is 0 Å². The lowest BCUT2D eigenvalue weighted by Crippen LogP contribution is -2.50. The van der Waals surface area contributed by atoms with Crippen molar-refractivity contribution in [3.63, 3.8) is 0 Å². The fourth-order valence-corrected chi connectivity index (χ4v) is 4.73. The molecule has 0 saturated carbocycles. The first kappa shape index (κ1) is 27.8. The Morgan fingerprint density at radius 3 is 2.45 bits per heavy atom. The molecule has 38 heavy (non-hydrogen) atoms. The fourth-order valence-electron chi connectivity index (χ4n) is 4.33. The number of nitrogens with zero attached hydrogens (tertiary/aromatic N) is 4. The number of aromatic nitrogens is 1. The van der Waals surface area contributed by atoms with E-state index < -0.39 is 5.82 Å². The predicted octanol–water partition coefficient (Wildman–Crippen LogP) is 5.01. The van der Waals surface area contributed by atoms with E-state index >= 15 is 0 Å². The lowest BCUT2D eigenvalue weighted by Gasteiger charge is -2.35. The van der Waals surface area contributed by atoms with E-state index in [1.807, 2.05) is 24.3 Å². The minimum absolute atomic E-state index is 0.0249. The summed E-state index contributed by atoms with van der Waals surface area (Å²) in [5, 5.41) is 10.9. The highest BCUT2D eigenvalue weighted by Gasteiger charge is 2.22. The quantitative estimate of drug-likeness (QED) is 0.336. The molecule has 2 amide bonds. The number of pyridine rings is 1. The van der Waals surface area contributed by atoms with Gasteiger partial charge in [-0.3, -0.25) is 0 Å². The molecule has 1 fully saturated rings. The minimum Gasteiger partial charge on any atom is -0.361 e. The molecule has 0 bridgehead atoms. The van der Waals surface area contributed by atoms with Crippen LogP contribution in [0.15, 0.2) is 48.5 Å². The van der Waals surface area contributed by atoms with Crippen LogP contribution in [0.3, 0.4) is 0 Å². The number of fused-ring (bicyclic) bond motifs is 1. The molecule has 1 aliphatic heterocycles. The van der Waals surface area contributed by atoms with Crippen molar-refractivity contribution in [2.45, 2.75) is 13.8 Å². The van der Waals surface area contributed by atoms with Crippen molar-refractivity contribution in [1.82, 2.24) is 20.1 Å². The zero-order valence-corrected chi connectivity index (χ0v) is 23.2. The Morgan fingerprint density at radius 2 is 1.74 bits per heavy atom. The molecule has 0 aliphatic carbocycles. The summed E-state index contributed by atoms with van der Waals surface area (Å²) in [5.74, 6) is 0.354. The summed E-state index contributed by atoms with van der Waals surface area (Å²) in [5.41, 5.74) is 2.27. The first-order chi connectivity index (χ1) is 18.4. The number of carbonyl (C=O) groups is 1. The van der Waals surface area contributed by atoms with Crippen molar-refractivity contribution in [1.29, 1.82) is 0 Å². The SMILES string of the molecule is CCN(CC)CCNC(=S)Nc1ccc2nc(N3CCN(C(=O)Nc4ccc(F)c(Cl)c4)CC3)ccc2c1. The average Bonchev–Trinajstić information content (AvgIpc) is 2.93. The van der Waals surface area contributed by atoms with Crippen LogP contribution in [0.2, 0.25) is 5.02 Å². The highest BCUT2D eigenvalue weighted by atomic mass is 35.5. The maximum Gasteiger partial charge on any atom is 0.321 e. The van der Waals surface area contributed by atoms with Gasteiger partial charge in [0.15, 0.2) is 5.11 Å². The number of urea groups is 1. The van der Waals surface area contributed by atoms with Crippen LogP contribution < -0.4 is 20.9 Å². The van der Waals surface area contributed by atoms with Crippen molar-refractivity contribution >= 4 is 63.1 Å². The highest BCUT2D eigenvalue weighted by molar-refractivity contribution is 7.80. The van der Waals surface area contributed by atoms with Gasteiger partial charge in [-0.05, 0) is 73.8 Å². The molecular formula is C27H33ClFN7OS. The van der Waals surface area contributed by atoms with E-state index in [2.05, 4.69) is 45.7 Å².